The molecule has 2 rings (SSSR count). The molecule has 1 aromatic carbocycles. The third-order valence-corrected chi connectivity index (χ3v) is 2.80. The summed E-state index contributed by atoms with van der Waals surface area (Å²) < 4.78 is 31.6. The van der Waals surface area contributed by atoms with Gasteiger partial charge in [0.25, 0.3) is 0 Å². The van der Waals surface area contributed by atoms with Gasteiger partial charge in [0, 0.05) is 18.0 Å². The number of benzene rings is 1. The molecule has 0 unspecified atom stereocenters. The van der Waals surface area contributed by atoms with Crippen LogP contribution in [0.1, 0.15) is 18.0 Å². The predicted molar refractivity (Wildman–Crippen MR) is 58.3 cm³/mol. The first-order valence-electron chi connectivity index (χ1n) is 4.17. The standard InChI is InChI=1S/C9H8BrF2NO.ClH/c10-5-3-4-6(13)1-2-14-9(4)8(12)7(5)11;/h3,6H,1-2,13H2;1H/t6-;/m1./s1. The zero-order valence-corrected chi connectivity index (χ0v) is 10.00. The molecular formula is C9H9BrClF2NO. The van der Waals surface area contributed by atoms with Crippen LogP contribution in [-0.2, 0) is 0 Å². The molecular weight excluding hydrogens is 291 g/mol. The van der Waals surface area contributed by atoms with E-state index < -0.39 is 11.6 Å². The minimum atomic E-state index is -0.968. The molecule has 0 radical (unpaired) electrons. The van der Waals surface area contributed by atoms with Crippen LogP contribution in [0.2, 0.25) is 0 Å². The Morgan fingerprint density at radius 2 is 2.07 bits per heavy atom. The van der Waals surface area contributed by atoms with Crippen molar-refractivity contribution in [3.05, 3.63) is 27.7 Å². The van der Waals surface area contributed by atoms with Crippen molar-refractivity contribution in [1.82, 2.24) is 0 Å². The highest BCUT2D eigenvalue weighted by Crippen LogP contribution is 2.37. The lowest BCUT2D eigenvalue weighted by atomic mass is 10.0. The van der Waals surface area contributed by atoms with Crippen molar-refractivity contribution >= 4 is 28.3 Å². The highest BCUT2D eigenvalue weighted by atomic mass is 79.9. The number of hydrogen-bond acceptors (Lipinski definition) is 2. The van der Waals surface area contributed by atoms with Gasteiger partial charge in [-0.3, -0.25) is 0 Å². The summed E-state index contributed by atoms with van der Waals surface area (Å²) in [6, 6.07) is 1.18. The van der Waals surface area contributed by atoms with E-state index in [1.54, 1.807) is 0 Å². The zero-order valence-electron chi connectivity index (χ0n) is 7.60. The SMILES string of the molecule is Cl.N[C@@H]1CCOc2c1cc(Br)c(F)c2F. The molecule has 1 heterocycles. The molecule has 0 aliphatic carbocycles. The lowest BCUT2D eigenvalue weighted by Crippen LogP contribution is -2.21. The van der Waals surface area contributed by atoms with Crippen molar-refractivity contribution in [2.45, 2.75) is 12.5 Å². The maximum absolute atomic E-state index is 13.3. The summed E-state index contributed by atoms with van der Waals surface area (Å²) >= 11 is 2.93. The predicted octanol–water partition coefficient (Wildman–Crippen LogP) is 2.93. The second-order valence-electron chi connectivity index (χ2n) is 3.15. The highest BCUT2D eigenvalue weighted by molar-refractivity contribution is 9.10. The van der Waals surface area contributed by atoms with E-state index in [1.807, 2.05) is 0 Å². The average molecular weight is 301 g/mol. The fraction of sp³-hybridized carbons (Fsp3) is 0.333. The fourth-order valence-electron chi connectivity index (χ4n) is 1.46. The highest BCUT2D eigenvalue weighted by Gasteiger charge is 2.25. The molecule has 15 heavy (non-hydrogen) atoms. The monoisotopic (exact) mass is 299 g/mol. The molecule has 1 aromatic rings. The molecule has 1 aliphatic rings. The Labute approximate surface area is 100 Å². The molecule has 0 bridgehead atoms. The van der Waals surface area contributed by atoms with Crippen LogP contribution in [0, 0.1) is 11.6 Å². The number of rotatable bonds is 0. The smallest absolute Gasteiger partial charge is 0.202 e. The summed E-state index contributed by atoms with van der Waals surface area (Å²) in [6.45, 7) is 0.326. The molecule has 0 aromatic heterocycles. The summed E-state index contributed by atoms with van der Waals surface area (Å²) in [5.41, 5.74) is 6.26. The first kappa shape index (κ1) is 12.7. The van der Waals surface area contributed by atoms with Gasteiger partial charge in [0.2, 0.25) is 5.82 Å². The van der Waals surface area contributed by atoms with Crippen molar-refractivity contribution in [2.24, 2.45) is 5.73 Å². The van der Waals surface area contributed by atoms with Gasteiger partial charge in [-0.15, -0.1) is 12.4 Å². The van der Waals surface area contributed by atoms with Gasteiger partial charge in [-0.05, 0) is 22.0 Å². The van der Waals surface area contributed by atoms with Gasteiger partial charge in [0.05, 0.1) is 11.1 Å². The van der Waals surface area contributed by atoms with Gasteiger partial charge in [-0.2, -0.15) is 4.39 Å². The largest absolute Gasteiger partial charge is 0.490 e. The summed E-state index contributed by atoms with van der Waals surface area (Å²) in [7, 11) is 0. The van der Waals surface area contributed by atoms with Crippen molar-refractivity contribution < 1.29 is 13.5 Å². The van der Waals surface area contributed by atoms with Crippen LogP contribution >= 0.6 is 28.3 Å². The summed E-state index contributed by atoms with van der Waals surface area (Å²) in [5.74, 6) is -1.95. The van der Waals surface area contributed by atoms with Crippen molar-refractivity contribution in [3.8, 4) is 5.75 Å². The van der Waals surface area contributed by atoms with Crippen LogP contribution in [-0.4, -0.2) is 6.61 Å². The van der Waals surface area contributed by atoms with Crippen molar-refractivity contribution in [1.29, 1.82) is 0 Å². The topological polar surface area (TPSA) is 35.2 Å². The van der Waals surface area contributed by atoms with Gasteiger partial charge < -0.3 is 10.5 Å². The number of fused-ring (bicyclic) bond motifs is 1. The van der Waals surface area contributed by atoms with Gasteiger partial charge in [-0.1, -0.05) is 0 Å². The lowest BCUT2D eigenvalue weighted by molar-refractivity contribution is 0.250. The van der Waals surface area contributed by atoms with Crippen molar-refractivity contribution in [2.75, 3.05) is 6.61 Å². The molecule has 84 valence electrons. The van der Waals surface area contributed by atoms with E-state index >= 15 is 0 Å². The molecule has 1 aliphatic heterocycles. The van der Waals surface area contributed by atoms with Gasteiger partial charge in [-0.25, -0.2) is 4.39 Å². The van der Waals surface area contributed by atoms with Gasteiger partial charge in [0.1, 0.15) is 0 Å². The average Bonchev–Trinajstić information content (AvgIpc) is 2.17. The first-order chi connectivity index (χ1) is 6.61. The number of halogens is 4. The molecule has 0 fully saturated rings. The molecule has 0 amide bonds. The Kier molecular flexibility index (Phi) is 3.92. The van der Waals surface area contributed by atoms with E-state index in [0.717, 1.165) is 0 Å². The summed E-state index contributed by atoms with van der Waals surface area (Å²) in [5, 5.41) is 0. The van der Waals surface area contributed by atoms with Crippen LogP contribution in [0.3, 0.4) is 0 Å². The minimum Gasteiger partial charge on any atom is -0.490 e. The second-order valence-corrected chi connectivity index (χ2v) is 4.00. The molecule has 6 heteroatoms. The quantitative estimate of drug-likeness (QED) is 0.748. The lowest BCUT2D eigenvalue weighted by Gasteiger charge is -2.23. The van der Waals surface area contributed by atoms with E-state index in [0.29, 0.717) is 18.6 Å². The van der Waals surface area contributed by atoms with E-state index in [1.165, 1.54) is 6.07 Å². The summed E-state index contributed by atoms with van der Waals surface area (Å²) in [6.07, 6.45) is 0.616. The fourth-order valence-corrected chi connectivity index (χ4v) is 1.88. The Morgan fingerprint density at radius 3 is 2.73 bits per heavy atom. The third kappa shape index (κ3) is 2.09. The maximum atomic E-state index is 13.3. The van der Waals surface area contributed by atoms with E-state index in [-0.39, 0.29) is 28.7 Å². The number of nitrogens with two attached hydrogens (primary N) is 1. The maximum Gasteiger partial charge on any atom is 0.202 e. The summed E-state index contributed by atoms with van der Waals surface area (Å²) in [4.78, 5) is 0. The molecule has 0 spiro atoms. The zero-order chi connectivity index (χ0) is 10.3. The van der Waals surface area contributed by atoms with E-state index in [2.05, 4.69) is 15.9 Å². The Morgan fingerprint density at radius 1 is 1.40 bits per heavy atom. The van der Waals surface area contributed by atoms with Crippen LogP contribution in [0.15, 0.2) is 10.5 Å². The van der Waals surface area contributed by atoms with Crippen LogP contribution in [0.5, 0.6) is 5.75 Å². The van der Waals surface area contributed by atoms with Gasteiger partial charge >= 0.3 is 0 Å². The van der Waals surface area contributed by atoms with E-state index in [9.17, 15) is 8.78 Å². The Hall–Kier alpha value is -0.390. The third-order valence-electron chi connectivity index (χ3n) is 2.22. The van der Waals surface area contributed by atoms with Crippen LogP contribution in [0.4, 0.5) is 8.78 Å². The minimum absolute atomic E-state index is 0. The molecule has 0 saturated carbocycles. The Balaban J connectivity index is 0.00000112. The van der Waals surface area contributed by atoms with E-state index in [4.69, 9.17) is 10.5 Å². The Bertz CT molecular complexity index is 389. The van der Waals surface area contributed by atoms with Crippen LogP contribution in [0.25, 0.3) is 0 Å². The second kappa shape index (κ2) is 4.63. The molecule has 2 N–H and O–H groups in total. The normalized spacial score (nSPS) is 18.8. The molecule has 0 saturated heterocycles. The van der Waals surface area contributed by atoms with Crippen molar-refractivity contribution in [3.63, 3.8) is 0 Å². The number of hydrogen-bond donors (Lipinski definition) is 1. The van der Waals surface area contributed by atoms with Gasteiger partial charge in [0.15, 0.2) is 11.6 Å². The number of ether oxygens (including phenoxy) is 1. The molecule has 2 nitrogen and oxygen atoms in total. The first-order valence-corrected chi connectivity index (χ1v) is 4.96. The molecule has 1 atom stereocenters. The van der Waals surface area contributed by atoms with Crippen LogP contribution < -0.4 is 10.5 Å².